The summed E-state index contributed by atoms with van der Waals surface area (Å²) in [7, 11) is 0. The van der Waals surface area contributed by atoms with Gasteiger partial charge in [0.1, 0.15) is 0 Å². The van der Waals surface area contributed by atoms with E-state index in [4.69, 9.17) is 5.11 Å². The molecule has 4 heteroatoms. The highest BCUT2D eigenvalue weighted by molar-refractivity contribution is 5.89. The van der Waals surface area contributed by atoms with Gasteiger partial charge >= 0.3 is 5.97 Å². The van der Waals surface area contributed by atoms with Crippen LogP contribution in [0.5, 0.6) is 5.75 Å². The van der Waals surface area contributed by atoms with Crippen LogP contribution >= 0.6 is 0 Å². The topological polar surface area (TPSA) is 74.6 Å². The van der Waals surface area contributed by atoms with Gasteiger partial charge in [-0.1, -0.05) is 0 Å². The van der Waals surface area contributed by atoms with Gasteiger partial charge in [0.25, 0.3) is 0 Å². The van der Waals surface area contributed by atoms with Crippen molar-refractivity contribution in [3.8, 4) is 5.75 Å². The molecule has 0 bridgehead atoms. The minimum Gasteiger partial charge on any atom is -0.504 e. The maximum Gasteiger partial charge on any atom is 0.335 e. The minimum atomic E-state index is -1.11. The third-order valence-electron chi connectivity index (χ3n) is 1.97. The highest BCUT2D eigenvalue weighted by Crippen LogP contribution is 2.13. The molecule has 0 unspecified atom stereocenters. The average Bonchev–Trinajstić information content (AvgIpc) is 2.18. The number of rotatable bonds is 1. The van der Waals surface area contributed by atoms with Crippen LogP contribution in [0.4, 0.5) is 0 Å². The fraction of sp³-hybridized carbons (Fsp3) is 0.200. The highest BCUT2D eigenvalue weighted by Gasteiger charge is 2.09. The Morgan fingerprint density at radius 3 is 2.29 bits per heavy atom. The zero-order valence-corrected chi connectivity index (χ0v) is 7.87. The van der Waals surface area contributed by atoms with E-state index < -0.39 is 17.1 Å². The zero-order chi connectivity index (χ0) is 10.9. The second-order valence-electron chi connectivity index (χ2n) is 3.09. The molecule has 0 spiro atoms. The van der Waals surface area contributed by atoms with Crippen molar-refractivity contribution in [3.05, 3.63) is 39.0 Å². The Kier molecular flexibility index (Phi) is 2.56. The van der Waals surface area contributed by atoms with Gasteiger partial charge < -0.3 is 10.2 Å². The van der Waals surface area contributed by atoms with Crippen molar-refractivity contribution in [3.63, 3.8) is 0 Å². The molecule has 1 rings (SSSR count). The molecule has 0 saturated heterocycles. The summed E-state index contributed by atoms with van der Waals surface area (Å²) in [6, 6.07) is 2.40. The van der Waals surface area contributed by atoms with Crippen molar-refractivity contribution >= 4 is 5.97 Å². The van der Waals surface area contributed by atoms with Crippen LogP contribution in [0.25, 0.3) is 0 Å². The van der Waals surface area contributed by atoms with Gasteiger partial charge in [0, 0.05) is 0 Å². The maximum absolute atomic E-state index is 11.2. The molecule has 14 heavy (non-hydrogen) atoms. The van der Waals surface area contributed by atoms with E-state index in [1.807, 2.05) is 0 Å². The number of aryl methyl sites for hydroxylation is 2. The third kappa shape index (κ3) is 1.74. The van der Waals surface area contributed by atoms with E-state index in [1.165, 1.54) is 19.9 Å². The first-order chi connectivity index (χ1) is 6.43. The number of hydrogen-bond acceptors (Lipinski definition) is 3. The van der Waals surface area contributed by atoms with E-state index in [2.05, 4.69) is 0 Å². The molecule has 0 atom stereocenters. The van der Waals surface area contributed by atoms with Gasteiger partial charge in [-0.3, -0.25) is 4.79 Å². The first-order valence-electron chi connectivity index (χ1n) is 4.01. The number of carboxylic acid groups (broad SMARTS) is 1. The van der Waals surface area contributed by atoms with Crippen LogP contribution in [0.2, 0.25) is 0 Å². The zero-order valence-electron chi connectivity index (χ0n) is 7.87. The Hall–Kier alpha value is -1.84. The quantitative estimate of drug-likeness (QED) is 0.701. The van der Waals surface area contributed by atoms with E-state index in [9.17, 15) is 14.7 Å². The summed E-state index contributed by atoms with van der Waals surface area (Å²) in [5.41, 5.74) is 0.0683. The fourth-order valence-electron chi connectivity index (χ4n) is 1.17. The van der Waals surface area contributed by atoms with Gasteiger partial charge in [-0.15, -0.1) is 0 Å². The fourth-order valence-corrected chi connectivity index (χ4v) is 1.17. The number of aromatic carboxylic acids is 1. The van der Waals surface area contributed by atoms with E-state index in [0.29, 0.717) is 5.56 Å². The molecule has 1 aromatic carbocycles. The van der Waals surface area contributed by atoms with E-state index in [-0.39, 0.29) is 11.1 Å². The molecule has 0 fully saturated rings. The lowest BCUT2D eigenvalue weighted by Crippen LogP contribution is -1.99. The average molecular weight is 194 g/mol. The second kappa shape index (κ2) is 3.49. The Labute approximate surface area is 80.4 Å². The maximum atomic E-state index is 11.2. The van der Waals surface area contributed by atoms with Crippen molar-refractivity contribution in [2.24, 2.45) is 0 Å². The summed E-state index contributed by atoms with van der Waals surface area (Å²) in [6.45, 7) is 3.01. The SMILES string of the molecule is Cc1cc(=O)c(O)c(C)cc1C(=O)O. The van der Waals surface area contributed by atoms with Crippen molar-refractivity contribution in [2.75, 3.05) is 0 Å². The van der Waals surface area contributed by atoms with Crippen LogP contribution in [-0.2, 0) is 0 Å². The standard InChI is InChI=1S/C10H10O4/c1-5-4-8(11)9(12)6(2)3-7(5)10(13)14/h3-4H,1-2H3,(H,11,12)(H,13,14). The first kappa shape index (κ1) is 10.2. The molecule has 74 valence electrons. The van der Waals surface area contributed by atoms with E-state index in [0.717, 1.165) is 6.07 Å². The molecule has 0 aliphatic carbocycles. The molecular formula is C10H10O4. The molecule has 0 aromatic heterocycles. The summed E-state index contributed by atoms with van der Waals surface area (Å²) in [6.07, 6.45) is 0. The lowest BCUT2D eigenvalue weighted by molar-refractivity contribution is 0.0696. The van der Waals surface area contributed by atoms with Crippen LogP contribution < -0.4 is 5.43 Å². The molecule has 0 saturated carbocycles. The highest BCUT2D eigenvalue weighted by atomic mass is 16.4. The summed E-state index contributed by atoms with van der Waals surface area (Å²) in [5, 5.41) is 18.1. The number of carboxylic acids is 1. The molecule has 0 radical (unpaired) electrons. The van der Waals surface area contributed by atoms with Gasteiger partial charge in [0.05, 0.1) is 5.56 Å². The van der Waals surface area contributed by atoms with Crippen LogP contribution in [0.15, 0.2) is 16.9 Å². The van der Waals surface area contributed by atoms with Crippen molar-refractivity contribution in [2.45, 2.75) is 13.8 Å². The van der Waals surface area contributed by atoms with Gasteiger partial charge in [-0.2, -0.15) is 0 Å². The number of aromatic hydroxyl groups is 1. The van der Waals surface area contributed by atoms with Gasteiger partial charge in [-0.25, -0.2) is 4.79 Å². The summed E-state index contributed by atoms with van der Waals surface area (Å²) < 4.78 is 0. The second-order valence-corrected chi connectivity index (χ2v) is 3.09. The van der Waals surface area contributed by atoms with Gasteiger partial charge in [0.2, 0.25) is 5.43 Å². The van der Waals surface area contributed by atoms with E-state index in [1.54, 1.807) is 0 Å². The first-order valence-corrected chi connectivity index (χ1v) is 4.01. The molecule has 0 aliphatic rings. The molecule has 4 nitrogen and oxygen atoms in total. The molecule has 0 heterocycles. The lowest BCUT2D eigenvalue weighted by Gasteiger charge is -1.93. The van der Waals surface area contributed by atoms with Crippen molar-refractivity contribution in [1.82, 2.24) is 0 Å². The predicted molar refractivity (Wildman–Crippen MR) is 50.8 cm³/mol. The number of carbonyl (C=O) groups is 1. The lowest BCUT2D eigenvalue weighted by atomic mass is 10.1. The van der Waals surface area contributed by atoms with Crippen molar-refractivity contribution in [1.29, 1.82) is 0 Å². The molecule has 2 N–H and O–H groups in total. The molecule has 0 amide bonds. The van der Waals surface area contributed by atoms with Crippen LogP contribution in [-0.4, -0.2) is 16.2 Å². The van der Waals surface area contributed by atoms with Gasteiger partial charge in [-0.05, 0) is 37.1 Å². The van der Waals surface area contributed by atoms with Crippen LogP contribution in [0.1, 0.15) is 21.5 Å². The summed E-state index contributed by atoms with van der Waals surface area (Å²) in [4.78, 5) is 21.9. The smallest absolute Gasteiger partial charge is 0.335 e. The Balaban J connectivity index is 3.69. The van der Waals surface area contributed by atoms with Gasteiger partial charge in [0.15, 0.2) is 5.75 Å². The van der Waals surface area contributed by atoms with E-state index >= 15 is 0 Å². The Bertz CT molecular complexity index is 449. The summed E-state index contributed by atoms with van der Waals surface area (Å²) >= 11 is 0. The minimum absolute atomic E-state index is 0.0277. The molecule has 1 aromatic rings. The van der Waals surface area contributed by atoms with Crippen molar-refractivity contribution < 1.29 is 15.0 Å². The molecule has 0 aliphatic heterocycles. The predicted octanol–water partition coefficient (Wildman–Crippen LogP) is 1.07. The van der Waals surface area contributed by atoms with Crippen LogP contribution in [0.3, 0.4) is 0 Å². The molecular weight excluding hydrogens is 184 g/mol. The Morgan fingerprint density at radius 1 is 1.21 bits per heavy atom. The van der Waals surface area contributed by atoms with Crippen LogP contribution in [0, 0.1) is 13.8 Å². The Morgan fingerprint density at radius 2 is 1.79 bits per heavy atom. The normalized spacial score (nSPS) is 9.86. The monoisotopic (exact) mass is 194 g/mol. The third-order valence-corrected chi connectivity index (χ3v) is 1.97. The largest absolute Gasteiger partial charge is 0.504 e. The number of hydrogen-bond donors (Lipinski definition) is 2. The summed E-state index contributed by atoms with van der Waals surface area (Å²) in [5.74, 6) is -1.51.